The van der Waals surface area contributed by atoms with Crippen molar-refractivity contribution in [2.24, 2.45) is 5.92 Å². The molecule has 2 atom stereocenters. The van der Waals surface area contributed by atoms with E-state index in [0.717, 1.165) is 11.1 Å². The van der Waals surface area contributed by atoms with E-state index in [1.807, 2.05) is 36.4 Å². The van der Waals surface area contributed by atoms with Crippen molar-refractivity contribution in [1.82, 2.24) is 10.6 Å². The second-order valence-electron chi connectivity index (χ2n) is 8.23. The number of nitrogens with one attached hydrogen (secondary N) is 2. The first-order valence-electron chi connectivity index (χ1n) is 11.5. The number of esters is 2. The Labute approximate surface area is 210 Å². The summed E-state index contributed by atoms with van der Waals surface area (Å²) >= 11 is 0. The van der Waals surface area contributed by atoms with E-state index in [1.165, 1.54) is 20.1 Å². The van der Waals surface area contributed by atoms with Gasteiger partial charge >= 0.3 is 18.0 Å². The number of allylic oxidation sites excluding steroid dienone is 1. The van der Waals surface area contributed by atoms with Gasteiger partial charge in [-0.25, -0.2) is 14.4 Å². The molecule has 0 fully saturated rings. The highest BCUT2D eigenvalue weighted by Crippen LogP contribution is 2.11. The summed E-state index contributed by atoms with van der Waals surface area (Å²) in [5, 5.41) is 5.01. The highest BCUT2D eigenvalue weighted by atomic mass is 16.6. The maximum absolute atomic E-state index is 12.9. The Hall–Kier alpha value is -4.14. The van der Waals surface area contributed by atoms with E-state index in [0.29, 0.717) is 0 Å². The first-order valence-corrected chi connectivity index (χ1v) is 11.5. The summed E-state index contributed by atoms with van der Waals surface area (Å²) in [6.45, 7) is 5.06. The zero-order chi connectivity index (χ0) is 26.5. The van der Waals surface area contributed by atoms with Crippen molar-refractivity contribution in [1.29, 1.82) is 0 Å². The number of carbonyl (C=O) groups is 4. The number of hydrogen-bond acceptors (Lipinski definition) is 7. The highest BCUT2D eigenvalue weighted by Gasteiger charge is 2.29. The molecule has 0 unspecified atom stereocenters. The summed E-state index contributed by atoms with van der Waals surface area (Å²) in [4.78, 5) is 50.2. The Kier molecular flexibility index (Phi) is 11.2. The Morgan fingerprint density at radius 1 is 0.917 bits per heavy atom. The predicted octanol–water partition coefficient (Wildman–Crippen LogP) is 3.28. The largest absolute Gasteiger partial charge is 0.466 e. The molecule has 9 heteroatoms. The average Bonchev–Trinajstić information content (AvgIpc) is 2.89. The van der Waals surface area contributed by atoms with Crippen LogP contribution in [0.3, 0.4) is 0 Å². The van der Waals surface area contributed by atoms with E-state index in [9.17, 15) is 19.2 Å². The lowest BCUT2D eigenvalue weighted by Gasteiger charge is -2.22. The molecule has 2 aromatic carbocycles. The lowest BCUT2D eigenvalue weighted by atomic mass is 10.0. The molecule has 0 aliphatic carbocycles. The van der Waals surface area contributed by atoms with E-state index in [-0.39, 0.29) is 24.6 Å². The molecule has 2 N–H and O–H groups in total. The monoisotopic (exact) mass is 496 g/mol. The van der Waals surface area contributed by atoms with E-state index < -0.39 is 36.1 Å². The average molecular weight is 497 g/mol. The lowest BCUT2D eigenvalue weighted by Crippen LogP contribution is -2.50. The number of carbonyl (C=O) groups excluding carboxylic acids is 4. The molecule has 0 aliphatic rings. The van der Waals surface area contributed by atoms with Gasteiger partial charge in [-0.2, -0.15) is 0 Å². The molecule has 0 aromatic heterocycles. The van der Waals surface area contributed by atoms with Crippen molar-refractivity contribution in [2.75, 3.05) is 7.11 Å². The smallest absolute Gasteiger partial charge is 0.408 e. The molecule has 0 saturated carbocycles. The number of benzene rings is 2. The van der Waals surface area contributed by atoms with Crippen LogP contribution in [0.2, 0.25) is 0 Å². The van der Waals surface area contributed by atoms with Crippen LogP contribution < -0.4 is 10.6 Å². The third-order valence-electron chi connectivity index (χ3n) is 5.18. The number of hydrogen-bond donors (Lipinski definition) is 2. The van der Waals surface area contributed by atoms with Gasteiger partial charge in [0.2, 0.25) is 12.0 Å². The molecule has 2 amide bonds. The standard InChI is InChI=1S/C27H32N2O7/c1-5-21(25(31)36-22(26(32)34-4)16-19-12-8-6-9-13-19)28-24(30)23(18(2)3)29-27(33)35-17-20-14-10-7-11-15-20/h5-15,18,22-23H,16-17H2,1-4H3,(H,28,30)(H,29,33)/b21-5+/t22-,23-/m0/s1. The van der Waals surface area contributed by atoms with Gasteiger partial charge in [0.1, 0.15) is 18.3 Å². The Morgan fingerprint density at radius 3 is 2.03 bits per heavy atom. The third-order valence-corrected chi connectivity index (χ3v) is 5.18. The van der Waals surface area contributed by atoms with Gasteiger partial charge in [-0.3, -0.25) is 4.79 Å². The number of methoxy groups -OCH3 is 1. The van der Waals surface area contributed by atoms with Crippen molar-refractivity contribution in [3.05, 3.63) is 83.6 Å². The van der Waals surface area contributed by atoms with Crippen LogP contribution in [0.1, 0.15) is 31.9 Å². The highest BCUT2D eigenvalue weighted by molar-refractivity contribution is 5.97. The summed E-state index contributed by atoms with van der Waals surface area (Å²) in [5.74, 6) is -2.59. The van der Waals surface area contributed by atoms with Crippen LogP contribution in [0.15, 0.2) is 72.4 Å². The van der Waals surface area contributed by atoms with Crippen LogP contribution in [-0.2, 0) is 41.6 Å². The van der Waals surface area contributed by atoms with Crippen LogP contribution in [-0.4, -0.2) is 43.2 Å². The van der Waals surface area contributed by atoms with Crippen molar-refractivity contribution >= 4 is 23.9 Å². The topological polar surface area (TPSA) is 120 Å². The van der Waals surface area contributed by atoms with E-state index in [2.05, 4.69) is 10.6 Å². The molecule has 0 saturated heterocycles. The van der Waals surface area contributed by atoms with Crippen LogP contribution in [0.5, 0.6) is 0 Å². The molecule has 36 heavy (non-hydrogen) atoms. The third kappa shape index (κ3) is 8.90. The second-order valence-corrected chi connectivity index (χ2v) is 8.23. The summed E-state index contributed by atoms with van der Waals surface area (Å²) < 4.78 is 15.3. The second kappa shape index (κ2) is 14.3. The van der Waals surface area contributed by atoms with Gasteiger partial charge in [-0.05, 0) is 24.0 Å². The number of ether oxygens (including phenoxy) is 3. The molecule has 2 aromatic rings. The number of alkyl carbamates (subject to hydrolysis) is 1. The van der Waals surface area contributed by atoms with Gasteiger partial charge in [0.25, 0.3) is 0 Å². The zero-order valence-corrected chi connectivity index (χ0v) is 20.9. The van der Waals surface area contributed by atoms with Crippen molar-refractivity contribution < 1.29 is 33.4 Å². The number of amides is 2. The Balaban J connectivity index is 2.01. The van der Waals surface area contributed by atoms with Gasteiger partial charge in [0, 0.05) is 6.42 Å². The first kappa shape index (κ1) is 28.1. The van der Waals surface area contributed by atoms with Gasteiger partial charge in [0.15, 0.2) is 0 Å². The van der Waals surface area contributed by atoms with Crippen LogP contribution in [0.25, 0.3) is 0 Å². The fourth-order valence-electron chi connectivity index (χ4n) is 3.20. The molecular formula is C27H32N2O7. The van der Waals surface area contributed by atoms with Crippen LogP contribution >= 0.6 is 0 Å². The number of rotatable bonds is 11. The minimum Gasteiger partial charge on any atom is -0.466 e. The normalized spacial score (nSPS) is 12.8. The fraction of sp³-hybridized carbons (Fsp3) is 0.333. The molecule has 0 bridgehead atoms. The van der Waals surface area contributed by atoms with E-state index in [1.54, 1.807) is 38.1 Å². The minimum absolute atomic E-state index is 0.0435. The predicted molar refractivity (Wildman–Crippen MR) is 132 cm³/mol. The van der Waals surface area contributed by atoms with Gasteiger partial charge in [-0.15, -0.1) is 0 Å². The van der Waals surface area contributed by atoms with E-state index >= 15 is 0 Å². The Morgan fingerprint density at radius 2 is 1.50 bits per heavy atom. The summed E-state index contributed by atoms with van der Waals surface area (Å²) in [6, 6.07) is 17.1. The molecule has 0 heterocycles. The van der Waals surface area contributed by atoms with Crippen molar-refractivity contribution in [3.63, 3.8) is 0 Å². The molecule has 0 aliphatic heterocycles. The first-order chi connectivity index (χ1) is 17.2. The fourth-order valence-corrected chi connectivity index (χ4v) is 3.20. The molecule has 0 spiro atoms. The molecule has 2 rings (SSSR count). The van der Waals surface area contributed by atoms with E-state index in [4.69, 9.17) is 14.2 Å². The lowest BCUT2D eigenvalue weighted by molar-refractivity contribution is -0.163. The van der Waals surface area contributed by atoms with Crippen LogP contribution in [0.4, 0.5) is 4.79 Å². The maximum Gasteiger partial charge on any atom is 0.408 e. The van der Waals surface area contributed by atoms with Gasteiger partial charge < -0.3 is 24.8 Å². The maximum atomic E-state index is 12.9. The zero-order valence-electron chi connectivity index (χ0n) is 20.9. The SMILES string of the molecule is C/C=C(/NC(=O)[C@@H](NC(=O)OCc1ccccc1)C(C)C)C(=O)O[C@@H](Cc1ccccc1)C(=O)OC. The Bertz CT molecular complexity index is 1050. The van der Waals surface area contributed by atoms with Gasteiger partial charge in [0.05, 0.1) is 7.11 Å². The summed E-state index contributed by atoms with van der Waals surface area (Å²) in [5.41, 5.74) is 1.39. The molecule has 9 nitrogen and oxygen atoms in total. The summed E-state index contributed by atoms with van der Waals surface area (Å²) in [6.07, 6.45) is -0.523. The molecule has 0 radical (unpaired) electrons. The molecule has 192 valence electrons. The quantitative estimate of drug-likeness (QED) is 0.278. The van der Waals surface area contributed by atoms with Crippen molar-refractivity contribution in [3.8, 4) is 0 Å². The van der Waals surface area contributed by atoms with Crippen molar-refractivity contribution in [2.45, 2.75) is 45.9 Å². The minimum atomic E-state index is -1.20. The van der Waals surface area contributed by atoms with Gasteiger partial charge in [-0.1, -0.05) is 80.6 Å². The molecular weight excluding hydrogens is 464 g/mol. The van der Waals surface area contributed by atoms with Crippen LogP contribution in [0, 0.1) is 5.92 Å². The summed E-state index contributed by atoms with van der Waals surface area (Å²) in [7, 11) is 1.20.